The molecule has 52 heavy (non-hydrogen) atoms. The van der Waals surface area contributed by atoms with Gasteiger partial charge >= 0.3 is 17.9 Å². The van der Waals surface area contributed by atoms with Crippen molar-refractivity contribution in [1.82, 2.24) is 0 Å². The van der Waals surface area contributed by atoms with Crippen LogP contribution in [0.2, 0.25) is 0 Å². The van der Waals surface area contributed by atoms with Crippen molar-refractivity contribution in [1.29, 1.82) is 0 Å². The van der Waals surface area contributed by atoms with Gasteiger partial charge in [-0.05, 0) is 25.2 Å². The molecule has 0 amide bonds. The summed E-state index contributed by atoms with van der Waals surface area (Å²) in [6, 6.07) is 0. The standard InChI is InChI=1S/C46H88O6/c1-5-7-9-11-12-13-23-26-30-33-37-44(47)50-40-43(52-46(49)39-35-28-10-8-6-2)41-51-45(48)38-34-31-27-24-21-19-17-15-14-16-18-20-22-25-29-32-36-42(3)4/h42-43H,5-41H2,1-4H3/t43-/m1/s1. The largest absolute Gasteiger partial charge is 0.462 e. The molecule has 0 aliphatic carbocycles. The fourth-order valence-corrected chi connectivity index (χ4v) is 6.80. The second-order valence-corrected chi connectivity index (χ2v) is 16.2. The molecule has 0 saturated carbocycles. The lowest BCUT2D eigenvalue weighted by Gasteiger charge is -2.18. The van der Waals surface area contributed by atoms with E-state index in [-0.39, 0.29) is 31.1 Å². The van der Waals surface area contributed by atoms with E-state index in [4.69, 9.17) is 14.2 Å². The van der Waals surface area contributed by atoms with E-state index in [1.54, 1.807) is 0 Å². The highest BCUT2D eigenvalue weighted by Crippen LogP contribution is 2.16. The van der Waals surface area contributed by atoms with Gasteiger partial charge in [0.15, 0.2) is 6.10 Å². The third-order valence-electron chi connectivity index (χ3n) is 10.3. The van der Waals surface area contributed by atoms with Crippen molar-refractivity contribution in [3.8, 4) is 0 Å². The fourth-order valence-electron chi connectivity index (χ4n) is 6.80. The molecule has 0 bridgehead atoms. The van der Waals surface area contributed by atoms with Gasteiger partial charge in [0.25, 0.3) is 0 Å². The van der Waals surface area contributed by atoms with Crippen LogP contribution in [0.4, 0.5) is 0 Å². The summed E-state index contributed by atoms with van der Waals surface area (Å²) in [6.07, 6.45) is 39.8. The van der Waals surface area contributed by atoms with Gasteiger partial charge in [-0.1, -0.05) is 214 Å². The fraction of sp³-hybridized carbons (Fsp3) is 0.935. The van der Waals surface area contributed by atoms with E-state index in [9.17, 15) is 14.4 Å². The highest BCUT2D eigenvalue weighted by Gasteiger charge is 2.19. The lowest BCUT2D eigenvalue weighted by atomic mass is 10.0. The van der Waals surface area contributed by atoms with Gasteiger partial charge < -0.3 is 14.2 Å². The first-order valence-electron chi connectivity index (χ1n) is 22.9. The minimum Gasteiger partial charge on any atom is -0.462 e. The monoisotopic (exact) mass is 737 g/mol. The zero-order chi connectivity index (χ0) is 38.2. The summed E-state index contributed by atoms with van der Waals surface area (Å²) in [5.74, 6) is -0.0171. The maximum absolute atomic E-state index is 12.5. The van der Waals surface area contributed by atoms with E-state index in [1.807, 2.05) is 0 Å². The van der Waals surface area contributed by atoms with Gasteiger partial charge in [0.2, 0.25) is 0 Å². The molecule has 0 fully saturated rings. The molecule has 0 aliphatic rings. The molecule has 0 aromatic carbocycles. The maximum atomic E-state index is 12.5. The second-order valence-electron chi connectivity index (χ2n) is 16.2. The van der Waals surface area contributed by atoms with Crippen molar-refractivity contribution in [2.75, 3.05) is 13.2 Å². The zero-order valence-corrected chi connectivity index (χ0v) is 35.3. The van der Waals surface area contributed by atoms with E-state index in [0.717, 1.165) is 70.1 Å². The Morgan fingerprint density at radius 1 is 0.365 bits per heavy atom. The number of hydrogen-bond acceptors (Lipinski definition) is 6. The normalized spacial score (nSPS) is 11.9. The Morgan fingerprint density at radius 2 is 0.635 bits per heavy atom. The van der Waals surface area contributed by atoms with Crippen LogP contribution in [0.3, 0.4) is 0 Å². The zero-order valence-electron chi connectivity index (χ0n) is 35.3. The van der Waals surface area contributed by atoms with Crippen LogP contribution in [0.15, 0.2) is 0 Å². The van der Waals surface area contributed by atoms with Crippen molar-refractivity contribution in [2.45, 2.75) is 259 Å². The SMILES string of the molecule is CCCCCCCCCCCCC(=O)OC[C@H](COC(=O)CCCCCCCCCCCCCCCCCCC(C)C)OC(=O)CCCCCCC. The average Bonchev–Trinajstić information content (AvgIpc) is 3.12. The lowest BCUT2D eigenvalue weighted by molar-refractivity contribution is -0.167. The Hall–Kier alpha value is -1.59. The van der Waals surface area contributed by atoms with Crippen LogP contribution in [0, 0.1) is 5.92 Å². The number of carbonyl (C=O) groups is 3. The molecule has 6 nitrogen and oxygen atoms in total. The average molecular weight is 737 g/mol. The second kappa shape index (κ2) is 40.6. The molecule has 308 valence electrons. The van der Waals surface area contributed by atoms with Crippen molar-refractivity contribution in [3.05, 3.63) is 0 Å². The van der Waals surface area contributed by atoms with Gasteiger partial charge in [0, 0.05) is 19.3 Å². The predicted octanol–water partition coefficient (Wildman–Crippen LogP) is 14.3. The molecular weight excluding hydrogens is 649 g/mol. The molecule has 6 heteroatoms. The highest BCUT2D eigenvalue weighted by atomic mass is 16.6. The van der Waals surface area contributed by atoms with E-state index in [2.05, 4.69) is 27.7 Å². The van der Waals surface area contributed by atoms with Crippen LogP contribution < -0.4 is 0 Å². The minimum absolute atomic E-state index is 0.0651. The lowest BCUT2D eigenvalue weighted by Crippen LogP contribution is -2.30. The molecule has 0 aromatic heterocycles. The van der Waals surface area contributed by atoms with Gasteiger partial charge in [-0.2, -0.15) is 0 Å². The van der Waals surface area contributed by atoms with Gasteiger partial charge in [0.05, 0.1) is 0 Å². The summed E-state index contributed by atoms with van der Waals surface area (Å²) in [5, 5.41) is 0. The Balaban J connectivity index is 4.06. The van der Waals surface area contributed by atoms with E-state index in [0.29, 0.717) is 19.3 Å². The van der Waals surface area contributed by atoms with Gasteiger partial charge in [-0.25, -0.2) is 0 Å². The molecular formula is C46H88O6. The van der Waals surface area contributed by atoms with Crippen LogP contribution in [-0.4, -0.2) is 37.2 Å². The van der Waals surface area contributed by atoms with Crippen molar-refractivity contribution >= 4 is 17.9 Å². The summed E-state index contributed by atoms with van der Waals surface area (Å²) >= 11 is 0. The van der Waals surface area contributed by atoms with Crippen molar-refractivity contribution < 1.29 is 28.6 Å². The Kier molecular flexibility index (Phi) is 39.4. The summed E-state index contributed by atoms with van der Waals surface area (Å²) in [5.41, 5.74) is 0. The first kappa shape index (κ1) is 50.4. The van der Waals surface area contributed by atoms with Gasteiger partial charge in [-0.3, -0.25) is 14.4 Å². The van der Waals surface area contributed by atoms with Gasteiger partial charge in [-0.15, -0.1) is 0 Å². The van der Waals surface area contributed by atoms with Crippen LogP contribution in [0.5, 0.6) is 0 Å². The Bertz CT molecular complexity index is 781. The molecule has 0 heterocycles. The van der Waals surface area contributed by atoms with Crippen molar-refractivity contribution in [2.24, 2.45) is 5.92 Å². The quantitative estimate of drug-likeness (QED) is 0.0353. The topological polar surface area (TPSA) is 78.9 Å². The number of hydrogen-bond donors (Lipinski definition) is 0. The van der Waals surface area contributed by atoms with E-state index < -0.39 is 6.10 Å². The summed E-state index contributed by atoms with van der Waals surface area (Å²) in [4.78, 5) is 37.4. The number of ether oxygens (including phenoxy) is 3. The molecule has 0 N–H and O–H groups in total. The third kappa shape index (κ3) is 39.6. The summed E-state index contributed by atoms with van der Waals surface area (Å²) < 4.78 is 16.6. The van der Waals surface area contributed by atoms with Gasteiger partial charge in [0.1, 0.15) is 13.2 Å². The van der Waals surface area contributed by atoms with Crippen LogP contribution in [0.25, 0.3) is 0 Å². The predicted molar refractivity (Wildman–Crippen MR) is 220 cm³/mol. The Morgan fingerprint density at radius 3 is 0.942 bits per heavy atom. The molecule has 0 saturated heterocycles. The Labute approximate surface area is 323 Å². The molecule has 0 spiro atoms. The molecule has 0 unspecified atom stereocenters. The number of esters is 3. The number of carbonyl (C=O) groups excluding carboxylic acids is 3. The summed E-state index contributed by atoms with van der Waals surface area (Å²) in [7, 11) is 0. The van der Waals surface area contributed by atoms with Crippen molar-refractivity contribution in [3.63, 3.8) is 0 Å². The molecule has 0 aromatic rings. The van der Waals surface area contributed by atoms with Crippen LogP contribution in [0.1, 0.15) is 252 Å². The smallest absolute Gasteiger partial charge is 0.306 e. The van der Waals surface area contributed by atoms with E-state index >= 15 is 0 Å². The summed E-state index contributed by atoms with van der Waals surface area (Å²) in [6.45, 7) is 8.92. The molecule has 0 radical (unpaired) electrons. The molecule has 0 rings (SSSR count). The third-order valence-corrected chi connectivity index (χ3v) is 10.3. The van der Waals surface area contributed by atoms with Crippen LogP contribution in [-0.2, 0) is 28.6 Å². The number of rotatable bonds is 41. The first-order chi connectivity index (χ1) is 25.4. The van der Waals surface area contributed by atoms with Crippen LogP contribution >= 0.6 is 0 Å². The maximum Gasteiger partial charge on any atom is 0.306 e. The molecule has 0 aliphatic heterocycles. The first-order valence-corrected chi connectivity index (χ1v) is 22.9. The molecule has 1 atom stereocenters. The minimum atomic E-state index is -0.756. The highest BCUT2D eigenvalue weighted by molar-refractivity contribution is 5.71. The number of unbranched alkanes of at least 4 members (excludes halogenated alkanes) is 28. The van der Waals surface area contributed by atoms with E-state index in [1.165, 1.54) is 141 Å².